The average Bonchev–Trinajstić information content (AvgIpc) is 3.40. The number of hydrogen-bond acceptors (Lipinski definition) is 6. The number of esters is 3. The van der Waals surface area contributed by atoms with Crippen molar-refractivity contribution in [3.63, 3.8) is 0 Å². The van der Waals surface area contributed by atoms with Crippen LogP contribution in [0.2, 0.25) is 0 Å². The molecule has 0 heterocycles. The van der Waals surface area contributed by atoms with Crippen LogP contribution in [0.1, 0.15) is 374 Å². The highest BCUT2D eigenvalue weighted by atomic mass is 16.6. The lowest BCUT2D eigenvalue weighted by molar-refractivity contribution is -0.167. The maximum Gasteiger partial charge on any atom is 0.306 e. The van der Waals surface area contributed by atoms with E-state index in [1.165, 1.54) is 270 Å². The van der Waals surface area contributed by atoms with Crippen LogP contribution in [0.25, 0.3) is 0 Å². The SMILES string of the molecule is CCCCCCC/C=C\C/C=C\CCCCCCCCCCCC(=O)OCC(COC(=O)CCCCCCCCCCCCCCCC)OC(=O)CCCCCCCCCCCCCCCCCCCCCCC. The minimum absolute atomic E-state index is 0.0661. The van der Waals surface area contributed by atoms with Gasteiger partial charge >= 0.3 is 17.9 Å². The zero-order valence-corrected chi connectivity index (χ0v) is 50.1. The topological polar surface area (TPSA) is 78.9 Å². The second kappa shape index (κ2) is 63.4. The van der Waals surface area contributed by atoms with Crippen LogP contribution in [0.5, 0.6) is 0 Å². The summed E-state index contributed by atoms with van der Waals surface area (Å²) in [7, 11) is 0. The minimum Gasteiger partial charge on any atom is -0.462 e. The van der Waals surface area contributed by atoms with Gasteiger partial charge in [-0.2, -0.15) is 0 Å². The minimum atomic E-state index is -0.769. The van der Waals surface area contributed by atoms with Gasteiger partial charge in [0.15, 0.2) is 6.10 Å². The van der Waals surface area contributed by atoms with E-state index >= 15 is 0 Å². The maximum atomic E-state index is 12.9. The van der Waals surface area contributed by atoms with Gasteiger partial charge in [0.2, 0.25) is 0 Å². The first-order valence-corrected chi connectivity index (χ1v) is 33.3. The van der Waals surface area contributed by atoms with E-state index in [0.717, 1.165) is 64.2 Å². The molecule has 0 saturated heterocycles. The van der Waals surface area contributed by atoms with Gasteiger partial charge in [0.05, 0.1) is 0 Å². The molecule has 6 heteroatoms. The van der Waals surface area contributed by atoms with Crippen molar-refractivity contribution in [3.8, 4) is 0 Å². The molecule has 0 aromatic heterocycles. The summed E-state index contributed by atoms with van der Waals surface area (Å²) in [6.45, 7) is 6.70. The summed E-state index contributed by atoms with van der Waals surface area (Å²) >= 11 is 0. The van der Waals surface area contributed by atoms with Gasteiger partial charge in [-0.15, -0.1) is 0 Å². The highest BCUT2D eigenvalue weighted by Gasteiger charge is 2.19. The summed E-state index contributed by atoms with van der Waals surface area (Å²) in [5.74, 6) is -0.840. The highest BCUT2D eigenvalue weighted by molar-refractivity contribution is 5.71. The third-order valence-electron chi connectivity index (χ3n) is 15.2. The number of rotatable bonds is 62. The number of carbonyl (C=O) groups excluding carboxylic acids is 3. The highest BCUT2D eigenvalue weighted by Crippen LogP contribution is 2.18. The number of unbranched alkanes of at least 4 members (excludes halogenated alkanes) is 47. The van der Waals surface area contributed by atoms with E-state index in [-0.39, 0.29) is 31.1 Å². The molecule has 1 unspecified atom stereocenters. The van der Waals surface area contributed by atoms with Crippen LogP contribution < -0.4 is 0 Å². The van der Waals surface area contributed by atoms with Crippen molar-refractivity contribution in [3.05, 3.63) is 24.3 Å². The maximum absolute atomic E-state index is 12.9. The van der Waals surface area contributed by atoms with Crippen LogP contribution >= 0.6 is 0 Å². The quantitative estimate of drug-likeness (QED) is 0.0261. The summed E-state index contributed by atoms with van der Waals surface area (Å²) in [4.78, 5) is 38.4. The first kappa shape index (κ1) is 71.9. The van der Waals surface area contributed by atoms with Gasteiger partial charge in [0, 0.05) is 19.3 Å². The number of allylic oxidation sites excluding steroid dienone is 4. The molecule has 0 fully saturated rings. The molecule has 0 amide bonds. The Morgan fingerprint density at radius 3 is 0.743 bits per heavy atom. The molecule has 0 N–H and O–H groups in total. The van der Waals surface area contributed by atoms with Crippen molar-refractivity contribution in [2.75, 3.05) is 13.2 Å². The molecule has 0 radical (unpaired) electrons. The average molecular weight is 1040 g/mol. The van der Waals surface area contributed by atoms with Gasteiger partial charge in [0.1, 0.15) is 13.2 Å². The van der Waals surface area contributed by atoms with Crippen LogP contribution in [0.3, 0.4) is 0 Å². The van der Waals surface area contributed by atoms with Gasteiger partial charge in [-0.25, -0.2) is 0 Å². The van der Waals surface area contributed by atoms with E-state index in [0.29, 0.717) is 19.3 Å². The Labute approximate surface area is 462 Å². The Balaban J connectivity index is 4.28. The lowest BCUT2D eigenvalue weighted by atomic mass is 10.0. The Kier molecular flexibility index (Phi) is 61.6. The Hall–Kier alpha value is -2.11. The van der Waals surface area contributed by atoms with Crippen molar-refractivity contribution in [2.24, 2.45) is 0 Å². The molecule has 0 aliphatic heterocycles. The lowest BCUT2D eigenvalue weighted by Crippen LogP contribution is -2.30. The molecule has 0 aliphatic carbocycles. The van der Waals surface area contributed by atoms with Crippen LogP contribution in [0.15, 0.2) is 24.3 Å². The molecule has 0 spiro atoms. The summed E-state index contributed by atoms with van der Waals surface area (Å²) < 4.78 is 17.0. The fourth-order valence-electron chi connectivity index (χ4n) is 10.2. The van der Waals surface area contributed by atoms with Crippen LogP contribution in [-0.2, 0) is 28.6 Å². The van der Waals surface area contributed by atoms with Gasteiger partial charge in [-0.1, -0.05) is 328 Å². The second-order valence-corrected chi connectivity index (χ2v) is 22.7. The summed E-state index contributed by atoms with van der Waals surface area (Å²) in [6.07, 6.45) is 76.1. The first-order chi connectivity index (χ1) is 36.5. The van der Waals surface area contributed by atoms with E-state index in [2.05, 4.69) is 45.1 Å². The molecule has 436 valence electrons. The van der Waals surface area contributed by atoms with Crippen LogP contribution in [0.4, 0.5) is 0 Å². The summed E-state index contributed by atoms with van der Waals surface area (Å²) in [5.41, 5.74) is 0. The Morgan fingerprint density at radius 2 is 0.486 bits per heavy atom. The molecule has 0 bridgehead atoms. The molecule has 74 heavy (non-hydrogen) atoms. The van der Waals surface area contributed by atoms with Crippen molar-refractivity contribution in [2.45, 2.75) is 380 Å². The van der Waals surface area contributed by atoms with E-state index in [1.54, 1.807) is 0 Å². The third kappa shape index (κ3) is 60.8. The molecular weight excluding hydrogens is 913 g/mol. The van der Waals surface area contributed by atoms with E-state index in [4.69, 9.17) is 14.2 Å². The second-order valence-electron chi connectivity index (χ2n) is 22.7. The molecule has 0 saturated carbocycles. The summed E-state index contributed by atoms with van der Waals surface area (Å²) in [5, 5.41) is 0. The standard InChI is InChI=1S/C68H128O6/c1-4-7-10-13-16-19-22-25-28-30-32-34-36-38-40-43-46-49-52-55-58-61-67(70)73-64-65(63-72-66(69)60-57-54-51-48-45-42-27-24-21-18-15-12-9-6-3)74-68(71)62-59-56-53-50-47-44-41-39-37-35-33-31-29-26-23-20-17-14-11-8-5-2/h22,25,30,32,65H,4-21,23-24,26-29,31,33-64H2,1-3H3/b25-22-,32-30-. The van der Waals surface area contributed by atoms with Gasteiger partial charge in [-0.3, -0.25) is 14.4 Å². The van der Waals surface area contributed by atoms with Crippen LogP contribution in [-0.4, -0.2) is 37.2 Å². The Bertz CT molecular complexity index is 1190. The van der Waals surface area contributed by atoms with E-state index in [9.17, 15) is 14.4 Å². The largest absolute Gasteiger partial charge is 0.462 e. The zero-order valence-electron chi connectivity index (χ0n) is 50.1. The predicted octanol–water partition coefficient (Wildman–Crippen LogP) is 22.6. The zero-order chi connectivity index (χ0) is 53.6. The molecule has 1 atom stereocenters. The van der Waals surface area contributed by atoms with Crippen molar-refractivity contribution < 1.29 is 28.6 Å². The molecule has 0 rings (SSSR count). The van der Waals surface area contributed by atoms with Gasteiger partial charge in [0.25, 0.3) is 0 Å². The number of carbonyl (C=O) groups is 3. The molecule has 0 aromatic carbocycles. The van der Waals surface area contributed by atoms with E-state index < -0.39 is 6.10 Å². The fraction of sp³-hybridized carbons (Fsp3) is 0.897. The fourth-order valence-corrected chi connectivity index (χ4v) is 10.2. The first-order valence-electron chi connectivity index (χ1n) is 33.3. The summed E-state index contributed by atoms with van der Waals surface area (Å²) in [6, 6.07) is 0. The van der Waals surface area contributed by atoms with Crippen molar-refractivity contribution in [1.29, 1.82) is 0 Å². The smallest absolute Gasteiger partial charge is 0.306 e. The van der Waals surface area contributed by atoms with Crippen molar-refractivity contribution in [1.82, 2.24) is 0 Å². The molecule has 0 aliphatic rings. The third-order valence-corrected chi connectivity index (χ3v) is 15.2. The Morgan fingerprint density at radius 1 is 0.270 bits per heavy atom. The number of hydrogen-bond donors (Lipinski definition) is 0. The normalized spacial score (nSPS) is 12.1. The molecular formula is C68H128O6. The van der Waals surface area contributed by atoms with Crippen molar-refractivity contribution >= 4 is 17.9 Å². The van der Waals surface area contributed by atoms with Crippen LogP contribution in [0, 0.1) is 0 Å². The van der Waals surface area contributed by atoms with E-state index in [1.807, 2.05) is 0 Å². The molecule has 0 aromatic rings. The number of ether oxygens (including phenoxy) is 3. The molecule has 6 nitrogen and oxygen atoms in total. The van der Waals surface area contributed by atoms with Gasteiger partial charge in [-0.05, 0) is 51.4 Å². The monoisotopic (exact) mass is 1040 g/mol. The predicted molar refractivity (Wildman–Crippen MR) is 321 cm³/mol. The lowest BCUT2D eigenvalue weighted by Gasteiger charge is -2.18. The van der Waals surface area contributed by atoms with Gasteiger partial charge < -0.3 is 14.2 Å².